The van der Waals surface area contributed by atoms with E-state index in [0.717, 1.165) is 18.4 Å². The van der Waals surface area contributed by atoms with Crippen LogP contribution in [-0.4, -0.2) is 24.8 Å². The largest absolute Gasteiger partial charge is 0.463 e. The molecule has 7 heteroatoms. The number of benzene rings is 2. The fourth-order valence-corrected chi connectivity index (χ4v) is 2.85. The van der Waals surface area contributed by atoms with Crippen molar-refractivity contribution in [3.8, 4) is 0 Å². The first kappa shape index (κ1) is 18.1. The molecule has 0 saturated carbocycles. The van der Waals surface area contributed by atoms with Gasteiger partial charge >= 0.3 is 6.18 Å². The van der Waals surface area contributed by atoms with Crippen molar-refractivity contribution in [2.45, 2.75) is 31.1 Å². The number of alkyl halides is 3. The molecule has 2 atom stereocenters. The van der Waals surface area contributed by atoms with Gasteiger partial charge in [-0.1, -0.05) is 42.5 Å². The van der Waals surface area contributed by atoms with Gasteiger partial charge in [-0.2, -0.15) is 13.2 Å². The number of aliphatic imine (C=N–C) groups is 1. The first-order valence-corrected chi connectivity index (χ1v) is 8.35. The summed E-state index contributed by atoms with van der Waals surface area (Å²) in [4.78, 5) is 4.16. The van der Waals surface area contributed by atoms with E-state index < -0.39 is 12.2 Å². The van der Waals surface area contributed by atoms with Gasteiger partial charge in [0.1, 0.15) is 12.6 Å². The second kappa shape index (κ2) is 7.68. The summed E-state index contributed by atoms with van der Waals surface area (Å²) >= 11 is 0. The maximum Gasteiger partial charge on any atom is 0.412 e. The Balaban J connectivity index is 1.63. The average molecular weight is 363 g/mol. The molecule has 0 bridgehead atoms. The number of aryl methyl sites for hydroxylation is 1. The molecular weight excluding hydrogens is 343 g/mol. The highest BCUT2D eigenvalue weighted by Gasteiger charge is 2.40. The van der Waals surface area contributed by atoms with E-state index in [4.69, 9.17) is 10.5 Å². The molecule has 138 valence electrons. The summed E-state index contributed by atoms with van der Waals surface area (Å²) in [5.41, 5.74) is 7.10. The molecule has 2 aromatic rings. The van der Waals surface area contributed by atoms with E-state index in [1.54, 1.807) is 30.3 Å². The van der Waals surface area contributed by atoms with Crippen LogP contribution >= 0.6 is 0 Å². The first-order chi connectivity index (χ1) is 12.4. The van der Waals surface area contributed by atoms with E-state index in [0.29, 0.717) is 12.3 Å². The average Bonchev–Trinajstić information content (AvgIpc) is 3.04. The molecule has 0 saturated heterocycles. The molecule has 0 aromatic heterocycles. The number of amidine groups is 1. The van der Waals surface area contributed by atoms with Gasteiger partial charge in [-0.3, -0.25) is 0 Å². The number of rotatable bonds is 6. The van der Waals surface area contributed by atoms with Gasteiger partial charge in [0.15, 0.2) is 0 Å². The standard InChI is InChI=1S/C19H20F3N3O/c20-19(21,22)17(14-4-2-1-3-5-14)24-15-9-6-13(7-10-15)8-11-16-12-26-18(23)25-16/h1-7,9-10,16-17,24H,8,11-12H2,(H2,23,25)/t16-,17+/m0/s1. The third-order valence-corrected chi connectivity index (χ3v) is 4.22. The minimum absolute atomic E-state index is 0.0421. The third-order valence-electron chi connectivity index (χ3n) is 4.22. The Morgan fingerprint density at radius 1 is 1.12 bits per heavy atom. The van der Waals surface area contributed by atoms with Gasteiger partial charge in [-0.15, -0.1) is 0 Å². The summed E-state index contributed by atoms with van der Waals surface area (Å²) in [6.45, 7) is 0.482. The molecule has 4 nitrogen and oxygen atoms in total. The molecule has 0 fully saturated rings. The molecule has 0 unspecified atom stereocenters. The molecule has 1 aliphatic rings. The molecule has 3 rings (SSSR count). The van der Waals surface area contributed by atoms with Crippen molar-refractivity contribution in [2.75, 3.05) is 11.9 Å². The van der Waals surface area contributed by atoms with Gasteiger partial charge in [0.25, 0.3) is 6.02 Å². The Kier molecular flexibility index (Phi) is 5.35. The maximum atomic E-state index is 13.4. The summed E-state index contributed by atoms with van der Waals surface area (Å²) in [6.07, 6.45) is -2.85. The molecular formula is C19H20F3N3O. The predicted molar refractivity (Wildman–Crippen MR) is 95.0 cm³/mol. The van der Waals surface area contributed by atoms with E-state index in [2.05, 4.69) is 10.3 Å². The van der Waals surface area contributed by atoms with Crippen molar-refractivity contribution in [1.29, 1.82) is 0 Å². The number of hydrogen-bond acceptors (Lipinski definition) is 4. The summed E-state index contributed by atoms with van der Waals surface area (Å²) in [6, 6.07) is 13.3. The molecule has 0 aliphatic carbocycles. The van der Waals surface area contributed by atoms with Gasteiger partial charge in [-0.05, 0) is 36.1 Å². The van der Waals surface area contributed by atoms with Crippen molar-refractivity contribution in [1.82, 2.24) is 0 Å². The minimum Gasteiger partial charge on any atom is -0.463 e. The minimum atomic E-state index is -4.39. The predicted octanol–water partition coefficient (Wildman–Crippen LogP) is 4.05. The number of nitrogens with zero attached hydrogens (tertiary/aromatic N) is 1. The topological polar surface area (TPSA) is 59.6 Å². The lowest BCUT2D eigenvalue weighted by molar-refractivity contribution is -0.144. The number of nitrogens with one attached hydrogen (secondary N) is 1. The van der Waals surface area contributed by atoms with Gasteiger partial charge < -0.3 is 15.8 Å². The molecule has 1 aliphatic heterocycles. The van der Waals surface area contributed by atoms with Gasteiger partial charge in [-0.25, -0.2) is 4.99 Å². The lowest BCUT2D eigenvalue weighted by atomic mass is 10.0. The van der Waals surface area contributed by atoms with E-state index >= 15 is 0 Å². The lowest BCUT2D eigenvalue weighted by Crippen LogP contribution is -2.27. The smallest absolute Gasteiger partial charge is 0.412 e. The van der Waals surface area contributed by atoms with Gasteiger partial charge in [0.05, 0.1) is 6.04 Å². The normalized spacial score (nSPS) is 18.1. The summed E-state index contributed by atoms with van der Waals surface area (Å²) in [5, 5.41) is 2.58. The number of ether oxygens (including phenoxy) is 1. The number of halogens is 3. The zero-order valence-corrected chi connectivity index (χ0v) is 14.0. The van der Waals surface area contributed by atoms with Crippen molar-refractivity contribution in [3.05, 3.63) is 65.7 Å². The fraction of sp³-hybridized carbons (Fsp3) is 0.316. The molecule has 2 aromatic carbocycles. The van der Waals surface area contributed by atoms with Crippen molar-refractivity contribution < 1.29 is 17.9 Å². The van der Waals surface area contributed by atoms with E-state index in [1.807, 2.05) is 12.1 Å². The SMILES string of the molecule is NC1=N[C@@H](CCc2ccc(N[C@H](c3ccccc3)C(F)(F)F)cc2)CO1. The van der Waals surface area contributed by atoms with Crippen LogP contribution in [0.15, 0.2) is 59.6 Å². The van der Waals surface area contributed by atoms with Gasteiger partial charge in [0, 0.05) is 5.69 Å². The van der Waals surface area contributed by atoms with Crippen LogP contribution in [0.3, 0.4) is 0 Å². The number of nitrogens with two attached hydrogens (primary N) is 1. The van der Waals surface area contributed by atoms with E-state index in [9.17, 15) is 13.2 Å². The highest BCUT2D eigenvalue weighted by Crippen LogP contribution is 2.35. The van der Waals surface area contributed by atoms with Crippen molar-refractivity contribution in [2.24, 2.45) is 10.7 Å². The lowest BCUT2D eigenvalue weighted by Gasteiger charge is -2.23. The van der Waals surface area contributed by atoms with Crippen LogP contribution in [0.25, 0.3) is 0 Å². The Bertz CT molecular complexity index is 745. The third kappa shape index (κ3) is 4.68. The van der Waals surface area contributed by atoms with Crippen LogP contribution in [0.5, 0.6) is 0 Å². The zero-order chi connectivity index (χ0) is 18.6. The van der Waals surface area contributed by atoms with Crippen LogP contribution < -0.4 is 11.1 Å². The summed E-state index contributed by atoms with van der Waals surface area (Å²) in [5.74, 6) is 0. The highest BCUT2D eigenvalue weighted by atomic mass is 19.4. The monoisotopic (exact) mass is 363 g/mol. The number of hydrogen-bond donors (Lipinski definition) is 2. The second-order valence-electron chi connectivity index (χ2n) is 6.20. The molecule has 0 radical (unpaired) electrons. The zero-order valence-electron chi connectivity index (χ0n) is 14.0. The van der Waals surface area contributed by atoms with Crippen LogP contribution in [0, 0.1) is 0 Å². The molecule has 26 heavy (non-hydrogen) atoms. The fourth-order valence-electron chi connectivity index (χ4n) is 2.85. The van der Waals surface area contributed by atoms with Crippen molar-refractivity contribution in [3.63, 3.8) is 0 Å². The number of anilines is 1. The van der Waals surface area contributed by atoms with Crippen LogP contribution in [0.4, 0.5) is 18.9 Å². The first-order valence-electron chi connectivity index (χ1n) is 8.35. The molecule has 0 spiro atoms. The van der Waals surface area contributed by atoms with Gasteiger partial charge in [0.2, 0.25) is 0 Å². The highest BCUT2D eigenvalue weighted by molar-refractivity contribution is 5.73. The summed E-state index contributed by atoms with van der Waals surface area (Å²) < 4.78 is 45.3. The Hall–Kier alpha value is -2.70. The molecule has 3 N–H and O–H groups in total. The van der Waals surface area contributed by atoms with Crippen LogP contribution in [0.2, 0.25) is 0 Å². The van der Waals surface area contributed by atoms with Crippen LogP contribution in [0.1, 0.15) is 23.6 Å². The van der Waals surface area contributed by atoms with Crippen LogP contribution in [-0.2, 0) is 11.2 Å². The molecule has 0 amide bonds. The van der Waals surface area contributed by atoms with Crippen molar-refractivity contribution >= 4 is 11.7 Å². The van der Waals surface area contributed by atoms with E-state index in [1.165, 1.54) is 12.1 Å². The second-order valence-corrected chi connectivity index (χ2v) is 6.20. The Morgan fingerprint density at radius 2 is 1.81 bits per heavy atom. The summed E-state index contributed by atoms with van der Waals surface area (Å²) in [7, 11) is 0. The maximum absolute atomic E-state index is 13.4. The Morgan fingerprint density at radius 3 is 2.38 bits per heavy atom. The van der Waals surface area contributed by atoms with E-state index in [-0.39, 0.29) is 17.6 Å². The molecule has 1 heterocycles. The quantitative estimate of drug-likeness (QED) is 0.814. The Labute approximate surface area is 149 Å².